The van der Waals surface area contributed by atoms with Crippen molar-refractivity contribution >= 4 is 16.9 Å². The highest BCUT2D eigenvalue weighted by molar-refractivity contribution is 5.84. The van der Waals surface area contributed by atoms with Gasteiger partial charge in [-0.3, -0.25) is 0 Å². The molecule has 0 spiro atoms. The van der Waals surface area contributed by atoms with Crippen molar-refractivity contribution in [3.63, 3.8) is 0 Å². The Hall–Kier alpha value is -2.76. The number of nitrogens with two attached hydrogens (primary N) is 1. The minimum atomic E-state index is -0.814. The first-order valence-electron chi connectivity index (χ1n) is 5.78. The lowest BCUT2D eigenvalue weighted by molar-refractivity contribution is 0.428. The number of benzene rings is 2. The van der Waals surface area contributed by atoms with Crippen LogP contribution in [0.15, 0.2) is 42.5 Å². The van der Waals surface area contributed by atoms with Gasteiger partial charge in [-0.25, -0.2) is 13.8 Å². The Morgan fingerprint density at radius 3 is 2.60 bits per heavy atom. The SMILES string of the molecule is Nc1nc(Oc2ccc(F)cc2F)c2ccccc2n1. The van der Waals surface area contributed by atoms with E-state index in [4.69, 9.17) is 10.5 Å². The van der Waals surface area contributed by atoms with Gasteiger partial charge in [-0.2, -0.15) is 4.98 Å². The molecule has 2 aromatic carbocycles. The highest BCUT2D eigenvalue weighted by Gasteiger charge is 2.11. The van der Waals surface area contributed by atoms with Crippen LogP contribution >= 0.6 is 0 Å². The molecule has 0 radical (unpaired) electrons. The van der Waals surface area contributed by atoms with E-state index in [0.29, 0.717) is 10.9 Å². The molecule has 0 aliphatic heterocycles. The summed E-state index contributed by atoms with van der Waals surface area (Å²) in [5.41, 5.74) is 6.17. The number of nitrogens with zero attached hydrogens (tertiary/aromatic N) is 2. The van der Waals surface area contributed by atoms with Gasteiger partial charge in [0.1, 0.15) is 5.82 Å². The Bertz CT molecular complexity index is 792. The van der Waals surface area contributed by atoms with Gasteiger partial charge in [-0.15, -0.1) is 0 Å². The molecule has 0 atom stereocenters. The summed E-state index contributed by atoms with van der Waals surface area (Å²) in [6.07, 6.45) is 0. The Kier molecular flexibility index (Phi) is 2.90. The maximum absolute atomic E-state index is 13.6. The molecule has 3 aromatic rings. The molecular weight excluding hydrogens is 264 g/mol. The van der Waals surface area contributed by atoms with Gasteiger partial charge in [0.05, 0.1) is 10.9 Å². The van der Waals surface area contributed by atoms with E-state index >= 15 is 0 Å². The van der Waals surface area contributed by atoms with E-state index in [1.165, 1.54) is 6.07 Å². The predicted molar refractivity (Wildman–Crippen MR) is 70.4 cm³/mol. The molecule has 20 heavy (non-hydrogen) atoms. The van der Waals surface area contributed by atoms with E-state index in [-0.39, 0.29) is 17.6 Å². The van der Waals surface area contributed by atoms with Gasteiger partial charge in [0.2, 0.25) is 11.8 Å². The lowest BCUT2D eigenvalue weighted by Gasteiger charge is -2.09. The molecule has 1 aromatic heterocycles. The summed E-state index contributed by atoms with van der Waals surface area (Å²) in [6, 6.07) is 10.1. The third kappa shape index (κ3) is 2.23. The summed E-state index contributed by atoms with van der Waals surface area (Å²) in [6.45, 7) is 0. The number of ether oxygens (including phenoxy) is 1. The van der Waals surface area contributed by atoms with Crippen molar-refractivity contribution in [1.29, 1.82) is 0 Å². The van der Waals surface area contributed by atoms with E-state index in [1.54, 1.807) is 24.3 Å². The Morgan fingerprint density at radius 2 is 1.80 bits per heavy atom. The van der Waals surface area contributed by atoms with Crippen LogP contribution in [0.1, 0.15) is 0 Å². The fraction of sp³-hybridized carbons (Fsp3) is 0. The van der Waals surface area contributed by atoms with Gasteiger partial charge < -0.3 is 10.5 Å². The van der Waals surface area contributed by atoms with Gasteiger partial charge in [-0.1, -0.05) is 12.1 Å². The van der Waals surface area contributed by atoms with Crippen molar-refractivity contribution in [2.45, 2.75) is 0 Å². The van der Waals surface area contributed by atoms with Gasteiger partial charge in [0, 0.05) is 6.07 Å². The van der Waals surface area contributed by atoms with Crippen LogP contribution in [0.4, 0.5) is 14.7 Å². The number of fused-ring (bicyclic) bond motifs is 1. The summed E-state index contributed by atoms with van der Waals surface area (Å²) in [5, 5.41) is 0.588. The van der Waals surface area contributed by atoms with Gasteiger partial charge in [-0.05, 0) is 24.3 Å². The van der Waals surface area contributed by atoms with Gasteiger partial charge in [0.25, 0.3) is 0 Å². The number of anilines is 1. The average Bonchev–Trinajstić information content (AvgIpc) is 2.41. The van der Waals surface area contributed by atoms with Gasteiger partial charge in [0.15, 0.2) is 11.6 Å². The highest BCUT2D eigenvalue weighted by atomic mass is 19.1. The van der Waals surface area contributed by atoms with Crippen molar-refractivity contribution in [2.75, 3.05) is 5.73 Å². The third-order valence-electron chi connectivity index (χ3n) is 2.69. The van der Waals surface area contributed by atoms with E-state index < -0.39 is 11.6 Å². The maximum atomic E-state index is 13.6. The molecule has 0 aliphatic rings. The zero-order chi connectivity index (χ0) is 14.1. The second-order valence-electron chi connectivity index (χ2n) is 4.08. The number of halogens is 2. The molecule has 0 saturated carbocycles. The quantitative estimate of drug-likeness (QED) is 0.778. The summed E-state index contributed by atoms with van der Waals surface area (Å²) in [5.74, 6) is -1.48. The highest BCUT2D eigenvalue weighted by Crippen LogP contribution is 2.29. The summed E-state index contributed by atoms with van der Waals surface area (Å²) in [4.78, 5) is 7.99. The molecule has 0 saturated heterocycles. The maximum Gasteiger partial charge on any atom is 0.232 e. The molecule has 0 unspecified atom stereocenters. The molecule has 3 rings (SSSR count). The smallest absolute Gasteiger partial charge is 0.232 e. The third-order valence-corrected chi connectivity index (χ3v) is 2.69. The predicted octanol–water partition coefficient (Wildman–Crippen LogP) is 3.28. The monoisotopic (exact) mass is 273 g/mol. The van der Waals surface area contributed by atoms with Crippen LogP contribution in [0, 0.1) is 11.6 Å². The molecule has 0 bridgehead atoms. The minimum Gasteiger partial charge on any atom is -0.435 e. The lowest BCUT2D eigenvalue weighted by Crippen LogP contribution is -1.99. The molecule has 100 valence electrons. The standard InChI is InChI=1S/C14H9F2N3O/c15-8-5-6-12(10(16)7-8)20-13-9-3-1-2-4-11(9)18-14(17)19-13/h1-7H,(H2,17,18,19). The number of rotatable bonds is 2. The average molecular weight is 273 g/mol. The van der Waals surface area contributed by atoms with E-state index in [2.05, 4.69) is 9.97 Å². The van der Waals surface area contributed by atoms with Crippen LogP contribution < -0.4 is 10.5 Å². The van der Waals surface area contributed by atoms with Crippen molar-refractivity contribution in [3.05, 3.63) is 54.1 Å². The van der Waals surface area contributed by atoms with Crippen LogP contribution in [-0.4, -0.2) is 9.97 Å². The largest absolute Gasteiger partial charge is 0.435 e. The van der Waals surface area contributed by atoms with Crippen molar-refractivity contribution in [2.24, 2.45) is 0 Å². The van der Waals surface area contributed by atoms with Crippen molar-refractivity contribution in [3.8, 4) is 11.6 Å². The number of aromatic nitrogens is 2. The fourth-order valence-corrected chi connectivity index (χ4v) is 1.80. The fourth-order valence-electron chi connectivity index (χ4n) is 1.80. The van der Waals surface area contributed by atoms with Gasteiger partial charge >= 0.3 is 0 Å². The van der Waals surface area contributed by atoms with E-state index in [9.17, 15) is 8.78 Å². The van der Waals surface area contributed by atoms with E-state index in [1.807, 2.05) is 0 Å². The Morgan fingerprint density at radius 1 is 1.00 bits per heavy atom. The molecule has 0 amide bonds. The van der Waals surface area contributed by atoms with Crippen molar-refractivity contribution < 1.29 is 13.5 Å². The molecule has 1 heterocycles. The normalized spacial score (nSPS) is 10.7. The first kappa shape index (κ1) is 12.3. The molecule has 0 fully saturated rings. The lowest BCUT2D eigenvalue weighted by atomic mass is 10.2. The topological polar surface area (TPSA) is 61.0 Å². The molecule has 4 nitrogen and oxygen atoms in total. The first-order chi connectivity index (χ1) is 9.63. The van der Waals surface area contributed by atoms with Crippen LogP contribution in [-0.2, 0) is 0 Å². The zero-order valence-electron chi connectivity index (χ0n) is 10.2. The first-order valence-corrected chi connectivity index (χ1v) is 5.78. The van der Waals surface area contributed by atoms with Crippen molar-refractivity contribution in [1.82, 2.24) is 9.97 Å². The van der Waals surface area contributed by atoms with Crippen LogP contribution in [0.3, 0.4) is 0 Å². The van der Waals surface area contributed by atoms with Crippen LogP contribution in [0.5, 0.6) is 11.6 Å². The van der Waals surface area contributed by atoms with Crippen LogP contribution in [0.25, 0.3) is 10.9 Å². The number of hydrogen-bond acceptors (Lipinski definition) is 4. The second-order valence-corrected chi connectivity index (χ2v) is 4.08. The molecule has 6 heteroatoms. The Balaban J connectivity index is 2.10. The number of para-hydroxylation sites is 1. The van der Waals surface area contributed by atoms with E-state index in [0.717, 1.165) is 12.1 Å². The summed E-state index contributed by atoms with van der Waals surface area (Å²) < 4.78 is 31.8. The molecule has 2 N–H and O–H groups in total. The molecular formula is C14H9F2N3O. The Labute approximate surface area is 112 Å². The summed E-state index contributed by atoms with van der Waals surface area (Å²) >= 11 is 0. The summed E-state index contributed by atoms with van der Waals surface area (Å²) in [7, 11) is 0. The second kappa shape index (κ2) is 4.73. The zero-order valence-corrected chi connectivity index (χ0v) is 10.2. The van der Waals surface area contributed by atoms with Crippen LogP contribution in [0.2, 0.25) is 0 Å². The minimum absolute atomic E-state index is 0.0150. The number of hydrogen-bond donors (Lipinski definition) is 1. The molecule has 0 aliphatic carbocycles. The number of nitrogen functional groups attached to an aromatic ring is 1.